The van der Waals surface area contributed by atoms with Crippen LogP contribution in [0.1, 0.15) is 151 Å². The Labute approximate surface area is 867 Å². The lowest BCUT2D eigenvalue weighted by atomic mass is 10.0. The summed E-state index contributed by atoms with van der Waals surface area (Å²) in [5, 5.41) is 59.4. The zero-order chi connectivity index (χ0) is 104. The third-order valence-electron chi connectivity index (χ3n) is 24.8. The molecule has 3 saturated heterocycles. The summed E-state index contributed by atoms with van der Waals surface area (Å²) >= 11 is 77.5. The normalized spacial score (nSPS) is 16.6. The van der Waals surface area contributed by atoms with Crippen LogP contribution in [0.2, 0.25) is 60.3 Å². The van der Waals surface area contributed by atoms with Crippen LogP contribution in [0.5, 0.6) is 17.2 Å². The fourth-order valence-corrected chi connectivity index (χ4v) is 21.8. The monoisotopic (exact) mass is 2150 g/mol. The zero-order valence-electron chi connectivity index (χ0n) is 78.0. The first-order valence-corrected chi connectivity index (χ1v) is 48.2. The number of anilines is 3. The molecule has 3 amide bonds. The van der Waals surface area contributed by atoms with Gasteiger partial charge in [0.25, 0.3) is 16.7 Å². The highest BCUT2D eigenvalue weighted by molar-refractivity contribution is 6.50. The molecule has 3 aromatic carbocycles. The van der Waals surface area contributed by atoms with Crippen LogP contribution >= 0.6 is 139 Å². The highest BCUT2D eigenvalue weighted by Gasteiger charge is 2.42. The number of fused-ring (bicyclic) bond motifs is 3. The van der Waals surface area contributed by atoms with E-state index in [9.17, 15) is 73.0 Å². The number of hydrogen-bond donors (Lipinski definition) is 3. The number of benzene rings is 3. The standard InChI is InChI=1S/3C33H29Cl4FN6O3/c3*1-7-21(45)43-16(5)12-42(13-17(43)6)30-18-10-20(34)28(22-23(35)25(37)26(38)31(46)24(22)36)41-32(18)44(33(47)19(30)11-39)29-15(4)8-9-40-27(29)14(2)3/h3*7-10,14,16-17,46H,1,12-13H2,2-6H3/t3*16-,17+. The number of nitriles is 3. The molecule has 3 N–H and O–H groups in total. The van der Waals surface area contributed by atoms with Gasteiger partial charge in [-0.15, -0.1) is 0 Å². The molecule has 3 fully saturated rings. The van der Waals surface area contributed by atoms with Crippen molar-refractivity contribution >= 4 is 207 Å². The molecule has 12 aromatic rings. The zero-order valence-corrected chi connectivity index (χ0v) is 87.1. The van der Waals surface area contributed by atoms with Crippen LogP contribution < -0.4 is 31.4 Å². The summed E-state index contributed by atoms with van der Waals surface area (Å²) in [5.74, 6) is -7.63. The van der Waals surface area contributed by atoms with Gasteiger partial charge in [0.2, 0.25) is 17.7 Å². The predicted molar refractivity (Wildman–Crippen MR) is 552 cm³/mol. The summed E-state index contributed by atoms with van der Waals surface area (Å²) in [6, 6.07) is 14.2. The number of aryl methyl sites for hydroxylation is 3. The van der Waals surface area contributed by atoms with Crippen molar-refractivity contribution < 1.29 is 42.9 Å². The first-order chi connectivity index (χ1) is 66.5. The number of halogens is 15. The molecule has 3 aliphatic heterocycles. The Kier molecular flexibility index (Phi) is 31.9. The molecule has 3 aliphatic rings. The summed E-state index contributed by atoms with van der Waals surface area (Å²) in [6.07, 6.45) is 8.65. The van der Waals surface area contributed by atoms with Gasteiger partial charge in [0.15, 0.2) is 34.7 Å². The average Bonchev–Trinajstić information content (AvgIpc) is 0.725. The third-order valence-corrected chi connectivity index (χ3v) is 29.2. The molecule has 9 aromatic heterocycles. The van der Waals surface area contributed by atoms with E-state index in [0.29, 0.717) is 67.0 Å². The number of carbonyl (C=O) groups is 3. The molecule has 42 heteroatoms. The minimum absolute atomic E-state index is 0.0349. The number of piperazine rings is 3. The Morgan fingerprint density at radius 3 is 0.787 bits per heavy atom. The van der Waals surface area contributed by atoms with Gasteiger partial charge in [0.1, 0.15) is 51.8 Å². The Hall–Kier alpha value is -11.6. The molecule has 0 unspecified atom stereocenters. The molecular weight excluding hydrogens is 2070 g/mol. The quantitative estimate of drug-likeness (QED) is 0.0487. The lowest BCUT2D eigenvalue weighted by Gasteiger charge is -2.45. The van der Waals surface area contributed by atoms with Crippen LogP contribution in [0.3, 0.4) is 0 Å². The number of amides is 3. The van der Waals surface area contributed by atoms with Crippen molar-refractivity contribution in [1.82, 2.24) is 58.3 Å². The highest BCUT2D eigenvalue weighted by Crippen LogP contribution is 2.54. The molecule has 0 saturated carbocycles. The van der Waals surface area contributed by atoms with Crippen molar-refractivity contribution in [1.29, 1.82) is 15.8 Å². The molecule has 6 atom stereocenters. The maximum Gasteiger partial charge on any atom is 0.276 e. The van der Waals surface area contributed by atoms with Gasteiger partial charge in [-0.2, -0.15) is 15.8 Å². The van der Waals surface area contributed by atoms with Crippen LogP contribution in [0.25, 0.3) is 83.9 Å². The summed E-state index contributed by atoms with van der Waals surface area (Å²) in [4.78, 5) is 121. The number of phenols is 3. The first kappa shape index (κ1) is 107. The largest absolute Gasteiger partial charge is 0.504 e. The minimum Gasteiger partial charge on any atom is -0.504 e. The first-order valence-electron chi connectivity index (χ1n) is 43.7. The number of phenolic OH excluding ortho intramolecular Hbond substituents is 3. The van der Waals surface area contributed by atoms with E-state index in [1.54, 1.807) is 51.5 Å². The third kappa shape index (κ3) is 18.8. The maximum atomic E-state index is 14.6. The van der Waals surface area contributed by atoms with Crippen molar-refractivity contribution in [3.05, 3.63) is 252 Å². The van der Waals surface area contributed by atoms with Crippen molar-refractivity contribution in [2.24, 2.45) is 0 Å². The molecule has 12 heterocycles. The van der Waals surface area contributed by atoms with Crippen molar-refractivity contribution in [2.75, 3.05) is 54.0 Å². The molecule has 0 bridgehead atoms. The molecule has 27 nitrogen and oxygen atoms in total. The molecule has 0 aliphatic carbocycles. The van der Waals surface area contributed by atoms with Crippen LogP contribution in [0, 0.1) is 72.2 Å². The molecule has 0 radical (unpaired) electrons. The minimum atomic E-state index is -1.22. The Morgan fingerprint density at radius 2 is 0.596 bits per heavy atom. The van der Waals surface area contributed by atoms with Gasteiger partial charge in [-0.05, 0) is 151 Å². The van der Waals surface area contributed by atoms with Gasteiger partial charge in [0, 0.05) is 127 Å². The van der Waals surface area contributed by atoms with Gasteiger partial charge < -0.3 is 44.7 Å². The summed E-state index contributed by atoms with van der Waals surface area (Å²) in [7, 11) is 0. The fourth-order valence-electron chi connectivity index (χ4n) is 18.7. The molecular formula is C99H87Cl12F3N18O9. The molecule has 15 rings (SSSR count). The average molecular weight is 2160 g/mol. The van der Waals surface area contributed by atoms with E-state index in [0.717, 1.165) is 0 Å². The van der Waals surface area contributed by atoms with Gasteiger partial charge in [0.05, 0.1) is 129 Å². The van der Waals surface area contributed by atoms with Crippen molar-refractivity contribution in [3.8, 4) is 86.3 Å². The van der Waals surface area contributed by atoms with Crippen LogP contribution in [-0.4, -0.2) is 167 Å². The highest BCUT2D eigenvalue weighted by atomic mass is 35.5. The second kappa shape index (κ2) is 42.1. The smallest absolute Gasteiger partial charge is 0.276 e. The SMILES string of the molecule is C=CC(=O)N1[C@H](C)CN(c2c(C#N)c(=O)n(-c3c(C)ccnc3C(C)C)c3nc(-c4c(Cl)c(O)c(F)c(Cl)c4Cl)c(Cl)cc23)C[C@@H]1C.C=CC(=O)N1[C@H](C)CN(c2c(C#N)c(=O)n(-c3c(C)ccnc3C(C)C)c3nc(-c4c(Cl)c(O)c(F)c(Cl)c4Cl)c(Cl)cc23)C[C@@H]1C.C=CC(=O)N1[C@H](C)CN(c2c(C#N)c(=O)n(-c3c(C)ccnc3C(C)C)c3nc(-c4c(Cl)c(O)c(F)c(Cl)c4Cl)c(Cl)cc23)C[C@@H]1C. The fraction of sp³-hybridized carbons (Fsp3) is 0.303. The maximum absolute atomic E-state index is 14.6. The Morgan fingerprint density at radius 1 is 0.383 bits per heavy atom. The van der Waals surface area contributed by atoms with E-state index in [2.05, 4.69) is 52.9 Å². The van der Waals surface area contributed by atoms with E-state index in [1.165, 1.54) is 50.1 Å². The number of nitrogens with zero attached hydrogens (tertiary/aromatic N) is 18. The van der Waals surface area contributed by atoms with E-state index >= 15 is 0 Å². The van der Waals surface area contributed by atoms with E-state index < -0.39 is 81.5 Å². The number of pyridine rings is 9. The van der Waals surface area contributed by atoms with Crippen molar-refractivity contribution in [3.63, 3.8) is 0 Å². The second-order valence-corrected chi connectivity index (χ2v) is 39.8. The van der Waals surface area contributed by atoms with Gasteiger partial charge in [-0.25, -0.2) is 28.1 Å². The number of rotatable bonds is 15. The Bertz CT molecular complexity index is 6860. The number of aromatic hydroxyl groups is 3. The summed E-state index contributed by atoms with van der Waals surface area (Å²) < 4.78 is 47.7. The molecule has 732 valence electrons. The Balaban J connectivity index is 0.000000178. The van der Waals surface area contributed by atoms with Gasteiger partial charge in [-0.3, -0.25) is 57.4 Å². The van der Waals surface area contributed by atoms with Gasteiger partial charge in [-0.1, -0.05) is 200 Å². The number of hydrogen-bond acceptors (Lipinski definition) is 21. The van der Waals surface area contributed by atoms with E-state index in [-0.39, 0.29) is 226 Å². The summed E-state index contributed by atoms with van der Waals surface area (Å²) in [6.45, 7) is 40.6. The number of aromatic nitrogens is 9. The molecule has 0 spiro atoms. The van der Waals surface area contributed by atoms with Crippen LogP contribution in [0.4, 0.5) is 30.2 Å². The number of carbonyl (C=O) groups excluding carboxylic acids is 3. The lowest BCUT2D eigenvalue weighted by molar-refractivity contribution is -0.131. The molecule has 141 heavy (non-hydrogen) atoms. The second-order valence-electron chi connectivity index (χ2n) is 35.1. The van der Waals surface area contributed by atoms with E-state index in [4.69, 9.17) is 154 Å². The van der Waals surface area contributed by atoms with Gasteiger partial charge >= 0.3 is 0 Å². The van der Waals surface area contributed by atoms with Crippen LogP contribution in [-0.2, 0) is 14.4 Å². The van der Waals surface area contributed by atoms with Crippen LogP contribution in [0.15, 0.2) is 107 Å². The van der Waals surface area contributed by atoms with Crippen molar-refractivity contribution in [2.45, 2.75) is 158 Å². The topological polar surface area (TPSA) is 346 Å². The summed E-state index contributed by atoms with van der Waals surface area (Å²) in [5.41, 5.74) is 2.80. The lowest BCUT2D eigenvalue weighted by Crippen LogP contribution is -2.58. The van der Waals surface area contributed by atoms with E-state index in [1.807, 2.05) is 119 Å². The predicted octanol–water partition coefficient (Wildman–Crippen LogP) is 23.5.